The van der Waals surface area contributed by atoms with Crippen LogP contribution in [0.1, 0.15) is 32.3 Å². The van der Waals surface area contributed by atoms with Gasteiger partial charge in [0.2, 0.25) is 5.95 Å². The van der Waals surface area contributed by atoms with Crippen molar-refractivity contribution in [1.82, 2.24) is 24.8 Å². The molecule has 0 saturated carbocycles. The van der Waals surface area contributed by atoms with Crippen LogP contribution < -0.4 is 25.6 Å². The molecule has 0 radical (unpaired) electrons. The monoisotopic (exact) mass is 708 g/mol. The average Bonchev–Trinajstić information content (AvgIpc) is 3.03. The summed E-state index contributed by atoms with van der Waals surface area (Å²) in [5, 5.41) is 7.39. The Kier molecular flexibility index (Phi) is 9.80. The van der Waals surface area contributed by atoms with Crippen LogP contribution in [0.2, 0.25) is 0 Å². The van der Waals surface area contributed by atoms with Gasteiger partial charge >= 0.3 is 0 Å². The van der Waals surface area contributed by atoms with Crippen molar-refractivity contribution in [2.24, 2.45) is 0 Å². The number of benzene rings is 2. The number of methoxy groups -OCH3 is 1. The van der Waals surface area contributed by atoms with Gasteiger partial charge in [0.05, 0.1) is 39.9 Å². The first-order valence-electron chi connectivity index (χ1n) is 15.9. The van der Waals surface area contributed by atoms with Crippen LogP contribution in [0, 0.1) is 0 Å². The van der Waals surface area contributed by atoms with Crippen molar-refractivity contribution in [2.75, 3.05) is 68.8 Å². The topological polar surface area (TPSA) is 118 Å². The first kappa shape index (κ1) is 32.6. The maximum atomic E-state index is 13.4. The summed E-state index contributed by atoms with van der Waals surface area (Å²) >= 11 is 3.58. The zero-order chi connectivity index (χ0) is 32.4. The molecule has 11 nitrogen and oxygen atoms in total. The maximum absolute atomic E-state index is 13.4. The van der Waals surface area contributed by atoms with Gasteiger partial charge in [0.1, 0.15) is 24.2 Å². The van der Waals surface area contributed by atoms with Gasteiger partial charge in [0, 0.05) is 69.2 Å². The van der Waals surface area contributed by atoms with Crippen molar-refractivity contribution >= 4 is 68.2 Å². The van der Waals surface area contributed by atoms with E-state index in [9.17, 15) is 4.57 Å². The van der Waals surface area contributed by atoms with Crippen molar-refractivity contribution in [3.63, 3.8) is 0 Å². The molecular weight excluding hydrogens is 667 g/mol. The van der Waals surface area contributed by atoms with Crippen LogP contribution in [0.4, 0.5) is 28.8 Å². The predicted molar refractivity (Wildman–Crippen MR) is 190 cm³/mol. The second-order valence-corrected chi connectivity index (χ2v) is 16.2. The van der Waals surface area contributed by atoms with Crippen molar-refractivity contribution in [3.8, 4) is 5.75 Å². The summed E-state index contributed by atoms with van der Waals surface area (Å²) in [5.74, 6) is 1.66. The minimum absolute atomic E-state index is 0.401. The normalized spacial score (nSPS) is 16.4. The number of aromatic nitrogens is 4. The second kappa shape index (κ2) is 13.8. The largest absolute Gasteiger partial charge is 0.494 e. The highest BCUT2D eigenvalue weighted by atomic mass is 79.9. The molecule has 0 unspecified atom stereocenters. The van der Waals surface area contributed by atoms with Crippen molar-refractivity contribution < 1.29 is 14.0 Å². The molecule has 0 amide bonds. The van der Waals surface area contributed by atoms with Crippen molar-refractivity contribution in [2.45, 2.75) is 45.3 Å². The molecule has 0 spiro atoms. The quantitative estimate of drug-likeness (QED) is 0.174. The lowest BCUT2D eigenvalue weighted by atomic mass is 9.97. The summed E-state index contributed by atoms with van der Waals surface area (Å²) in [6.45, 7) is 12.6. The molecule has 2 aliphatic heterocycles. The van der Waals surface area contributed by atoms with E-state index in [2.05, 4.69) is 77.3 Å². The molecular formula is C33H42BrN8O3P. The number of piperidine rings is 1. The van der Waals surface area contributed by atoms with E-state index in [1.807, 2.05) is 12.1 Å². The summed E-state index contributed by atoms with van der Waals surface area (Å²) < 4.78 is 25.7. The van der Waals surface area contributed by atoms with Gasteiger partial charge in [-0.15, -0.1) is 0 Å². The Labute approximate surface area is 279 Å². The van der Waals surface area contributed by atoms with E-state index in [1.54, 1.807) is 39.0 Å². The zero-order valence-electron chi connectivity index (χ0n) is 27.1. The number of nitrogens with one attached hydrogen (secondary N) is 2. The van der Waals surface area contributed by atoms with E-state index in [1.165, 1.54) is 11.3 Å². The van der Waals surface area contributed by atoms with Gasteiger partial charge < -0.3 is 29.6 Å². The first-order chi connectivity index (χ1) is 22.2. The highest BCUT2D eigenvalue weighted by molar-refractivity contribution is 9.10. The van der Waals surface area contributed by atoms with E-state index in [0.29, 0.717) is 50.4 Å². The Morgan fingerprint density at radius 2 is 1.78 bits per heavy atom. The number of nitrogens with zero attached hydrogens (tertiary/aromatic N) is 6. The number of rotatable bonds is 11. The standard InChI is InChI=1S/C33H42BrN8O3P/c1-6-21-16-27(29(44-3)17-28(21)41-14-10-22(11-15-41)42-19-23(20-42)45-7-2)39-33-37-18-24(34)32(40-33)38-26-9-8-25-30(36-13-12-35-25)31(26)46(4,5)43/h8-9,12-13,16-18,22-23H,6-7,10-11,14-15,19-20H2,1-5H3,(H2,37,38,39,40). The van der Waals surface area contributed by atoms with Crippen LogP contribution in [0.3, 0.4) is 0 Å². The maximum Gasteiger partial charge on any atom is 0.229 e. The van der Waals surface area contributed by atoms with Crippen LogP contribution in [-0.4, -0.2) is 90.2 Å². The third-order valence-corrected chi connectivity index (χ3v) is 10.9. The van der Waals surface area contributed by atoms with Crippen LogP contribution in [0.25, 0.3) is 11.0 Å². The number of hydrogen-bond donors (Lipinski definition) is 2. The van der Waals surface area contributed by atoms with Gasteiger partial charge in [-0.1, -0.05) is 6.92 Å². The number of aryl methyl sites for hydroxylation is 1. The van der Waals surface area contributed by atoms with E-state index in [-0.39, 0.29) is 0 Å². The second-order valence-electron chi connectivity index (χ2n) is 12.2. The van der Waals surface area contributed by atoms with Gasteiger partial charge in [-0.25, -0.2) is 4.98 Å². The molecule has 0 bridgehead atoms. The Balaban J connectivity index is 1.21. The molecule has 6 rings (SSSR count). The zero-order valence-corrected chi connectivity index (χ0v) is 29.6. The molecule has 244 valence electrons. The molecule has 0 aliphatic carbocycles. The molecule has 2 aliphatic rings. The summed E-state index contributed by atoms with van der Waals surface area (Å²) in [5.41, 5.74) is 5.21. The third kappa shape index (κ3) is 6.86. The summed E-state index contributed by atoms with van der Waals surface area (Å²) in [4.78, 5) is 23.3. The van der Waals surface area contributed by atoms with E-state index in [4.69, 9.17) is 14.5 Å². The molecule has 0 atom stereocenters. The molecule has 4 aromatic rings. The summed E-state index contributed by atoms with van der Waals surface area (Å²) in [6, 6.07) is 8.63. The Morgan fingerprint density at radius 3 is 2.48 bits per heavy atom. The first-order valence-corrected chi connectivity index (χ1v) is 19.2. The van der Waals surface area contributed by atoms with Crippen LogP contribution in [-0.2, 0) is 15.7 Å². The number of halogens is 1. The molecule has 2 fully saturated rings. The molecule has 46 heavy (non-hydrogen) atoms. The fourth-order valence-corrected chi connectivity index (χ4v) is 8.15. The third-order valence-electron chi connectivity index (χ3n) is 8.78. The molecule has 2 aromatic heterocycles. The van der Waals surface area contributed by atoms with E-state index < -0.39 is 7.14 Å². The fraction of sp³-hybridized carbons (Fsp3) is 0.455. The molecule has 13 heteroatoms. The van der Waals surface area contributed by atoms with E-state index >= 15 is 0 Å². The molecule has 4 heterocycles. The van der Waals surface area contributed by atoms with Gasteiger partial charge in [-0.05, 0) is 79.2 Å². The smallest absolute Gasteiger partial charge is 0.229 e. The number of hydrogen-bond acceptors (Lipinski definition) is 11. The summed E-state index contributed by atoms with van der Waals surface area (Å²) in [6.07, 6.45) is 8.51. The van der Waals surface area contributed by atoms with Gasteiger partial charge in [0.25, 0.3) is 0 Å². The Bertz CT molecular complexity index is 1750. The molecule has 2 aromatic carbocycles. The number of likely N-dealkylation sites (tertiary alicyclic amines) is 1. The van der Waals surface area contributed by atoms with Crippen LogP contribution >= 0.6 is 23.1 Å². The highest BCUT2D eigenvalue weighted by Gasteiger charge is 2.35. The van der Waals surface area contributed by atoms with Crippen LogP contribution in [0.5, 0.6) is 5.75 Å². The fourth-order valence-electron chi connectivity index (χ4n) is 6.47. The lowest BCUT2D eigenvalue weighted by Crippen LogP contribution is -2.58. The predicted octanol–water partition coefficient (Wildman–Crippen LogP) is 6.18. The minimum atomic E-state index is -2.74. The number of fused-ring (bicyclic) bond motifs is 1. The lowest BCUT2D eigenvalue weighted by molar-refractivity contribution is -0.0712. The Hall–Kier alpha value is -3.31. The minimum Gasteiger partial charge on any atom is -0.494 e. The van der Waals surface area contributed by atoms with Gasteiger partial charge in [0.15, 0.2) is 0 Å². The number of anilines is 5. The van der Waals surface area contributed by atoms with Crippen LogP contribution in [0.15, 0.2) is 47.3 Å². The molecule has 2 saturated heterocycles. The average molecular weight is 710 g/mol. The van der Waals surface area contributed by atoms with Gasteiger partial charge in [-0.3, -0.25) is 14.9 Å². The van der Waals surface area contributed by atoms with Crippen molar-refractivity contribution in [3.05, 3.63) is 52.9 Å². The highest BCUT2D eigenvalue weighted by Crippen LogP contribution is 2.42. The van der Waals surface area contributed by atoms with Gasteiger partial charge in [-0.2, -0.15) is 4.98 Å². The summed E-state index contributed by atoms with van der Waals surface area (Å²) in [7, 11) is -1.05. The SMILES string of the molecule is CCOC1CN(C2CCN(c3cc(OC)c(Nc4ncc(Br)c(Nc5ccc6nccnc6c5P(C)(C)=O)n4)cc3CC)CC2)C1. The Morgan fingerprint density at radius 1 is 1.02 bits per heavy atom. The molecule has 2 N–H and O–H groups in total. The van der Waals surface area contributed by atoms with Crippen molar-refractivity contribution in [1.29, 1.82) is 0 Å². The van der Waals surface area contributed by atoms with E-state index in [0.717, 1.165) is 63.5 Å². The number of ether oxygens (including phenoxy) is 2. The lowest BCUT2D eigenvalue weighted by Gasteiger charge is -2.47.